The molecular weight excluding hydrogens is 209 g/mol. The molecule has 0 atom stereocenters. The van der Waals surface area contributed by atoms with E-state index in [1.165, 1.54) is 24.5 Å². The number of halogens is 1. The van der Waals surface area contributed by atoms with E-state index in [1.54, 1.807) is 12.1 Å². The molecule has 0 unspecified atom stereocenters. The molecule has 0 saturated heterocycles. The minimum absolute atomic E-state index is 0.242. The summed E-state index contributed by atoms with van der Waals surface area (Å²) in [5.41, 5.74) is 5.97. The molecule has 4 nitrogen and oxygen atoms in total. The Morgan fingerprint density at radius 3 is 2.19 bits per heavy atom. The number of primary amides is 1. The molecule has 0 bridgehead atoms. The van der Waals surface area contributed by atoms with E-state index in [2.05, 4.69) is 9.97 Å². The Morgan fingerprint density at radius 1 is 1.12 bits per heavy atom. The fraction of sp³-hybridized carbons (Fsp3) is 0. The Balaban J connectivity index is 2.34. The Labute approximate surface area is 91.0 Å². The molecule has 0 saturated carbocycles. The van der Waals surface area contributed by atoms with E-state index in [4.69, 9.17) is 5.73 Å². The van der Waals surface area contributed by atoms with Gasteiger partial charge in [0.1, 0.15) is 5.82 Å². The summed E-state index contributed by atoms with van der Waals surface area (Å²) in [4.78, 5) is 18.7. The van der Waals surface area contributed by atoms with E-state index >= 15 is 0 Å². The Morgan fingerprint density at radius 2 is 1.69 bits per heavy atom. The van der Waals surface area contributed by atoms with E-state index in [-0.39, 0.29) is 11.4 Å². The Hall–Kier alpha value is -2.30. The second kappa shape index (κ2) is 4.06. The molecule has 1 aromatic carbocycles. The summed E-state index contributed by atoms with van der Waals surface area (Å²) in [6.07, 6.45) is 2.68. The number of rotatable bonds is 2. The highest BCUT2D eigenvalue weighted by atomic mass is 19.1. The van der Waals surface area contributed by atoms with Crippen molar-refractivity contribution < 1.29 is 9.18 Å². The van der Waals surface area contributed by atoms with Crippen molar-refractivity contribution in [1.82, 2.24) is 9.97 Å². The molecular formula is C11H8FN3O. The predicted molar refractivity (Wildman–Crippen MR) is 55.9 cm³/mol. The topological polar surface area (TPSA) is 68.9 Å². The Bertz CT molecular complexity index is 508. The zero-order valence-corrected chi connectivity index (χ0v) is 8.22. The number of benzene rings is 1. The van der Waals surface area contributed by atoms with Crippen molar-refractivity contribution in [2.75, 3.05) is 0 Å². The average Bonchev–Trinajstić information content (AvgIpc) is 2.30. The fourth-order valence-corrected chi connectivity index (χ4v) is 1.20. The zero-order chi connectivity index (χ0) is 11.5. The van der Waals surface area contributed by atoms with Crippen LogP contribution >= 0.6 is 0 Å². The lowest BCUT2D eigenvalue weighted by Crippen LogP contribution is -2.11. The molecule has 0 spiro atoms. The number of carbonyl (C=O) groups excluding carboxylic acids is 1. The van der Waals surface area contributed by atoms with Crippen LogP contribution in [0.1, 0.15) is 10.4 Å². The molecule has 0 fully saturated rings. The van der Waals surface area contributed by atoms with E-state index in [1.807, 2.05) is 0 Å². The third-order valence-corrected chi connectivity index (χ3v) is 2.04. The smallest absolute Gasteiger partial charge is 0.251 e. The number of aromatic nitrogens is 2. The molecule has 0 aliphatic heterocycles. The first-order valence-corrected chi connectivity index (χ1v) is 4.54. The van der Waals surface area contributed by atoms with Gasteiger partial charge >= 0.3 is 0 Å². The average molecular weight is 217 g/mol. The maximum atomic E-state index is 12.7. The minimum atomic E-state index is -0.578. The summed E-state index contributed by atoms with van der Waals surface area (Å²) in [6.45, 7) is 0. The van der Waals surface area contributed by atoms with Gasteiger partial charge in [-0.3, -0.25) is 4.79 Å². The van der Waals surface area contributed by atoms with Crippen LogP contribution in [0.4, 0.5) is 4.39 Å². The first kappa shape index (κ1) is 10.2. The van der Waals surface area contributed by atoms with Gasteiger partial charge in [-0.1, -0.05) is 0 Å². The van der Waals surface area contributed by atoms with E-state index < -0.39 is 5.91 Å². The highest BCUT2D eigenvalue weighted by Crippen LogP contribution is 2.14. The van der Waals surface area contributed by atoms with Crippen LogP contribution in [0.25, 0.3) is 11.4 Å². The van der Waals surface area contributed by atoms with Crippen molar-refractivity contribution in [3.05, 3.63) is 48.0 Å². The van der Waals surface area contributed by atoms with Crippen LogP contribution in [0, 0.1) is 5.82 Å². The van der Waals surface area contributed by atoms with Crippen molar-refractivity contribution in [1.29, 1.82) is 0 Å². The highest BCUT2D eigenvalue weighted by molar-refractivity contribution is 5.92. The van der Waals surface area contributed by atoms with Crippen LogP contribution in [0.5, 0.6) is 0 Å². The van der Waals surface area contributed by atoms with Crippen molar-refractivity contribution in [2.45, 2.75) is 0 Å². The summed E-state index contributed by atoms with van der Waals surface area (Å²) in [6, 6.07) is 5.77. The lowest BCUT2D eigenvalue weighted by molar-refractivity contribution is 0.0999. The monoisotopic (exact) mass is 217 g/mol. The van der Waals surface area contributed by atoms with Gasteiger partial charge in [-0.05, 0) is 24.3 Å². The predicted octanol–water partition coefficient (Wildman–Crippen LogP) is 1.38. The number of hydrogen-bond donors (Lipinski definition) is 1. The second-order valence-electron chi connectivity index (χ2n) is 3.17. The van der Waals surface area contributed by atoms with Crippen LogP contribution in [0.3, 0.4) is 0 Å². The molecule has 1 aromatic heterocycles. The zero-order valence-electron chi connectivity index (χ0n) is 8.22. The summed E-state index contributed by atoms with van der Waals surface area (Å²) in [5, 5.41) is 0. The third-order valence-electron chi connectivity index (χ3n) is 2.04. The van der Waals surface area contributed by atoms with E-state index in [9.17, 15) is 9.18 Å². The molecule has 0 radical (unpaired) electrons. The number of carbonyl (C=O) groups is 1. The van der Waals surface area contributed by atoms with Crippen LogP contribution in [0.15, 0.2) is 36.7 Å². The first-order valence-electron chi connectivity index (χ1n) is 4.54. The maximum absolute atomic E-state index is 12.7. The molecule has 2 rings (SSSR count). The van der Waals surface area contributed by atoms with E-state index in [0.717, 1.165) is 0 Å². The van der Waals surface area contributed by atoms with Crippen molar-refractivity contribution >= 4 is 5.91 Å². The molecule has 1 amide bonds. The van der Waals surface area contributed by atoms with Gasteiger partial charge in [0.05, 0.1) is 5.56 Å². The van der Waals surface area contributed by atoms with Crippen molar-refractivity contribution in [2.24, 2.45) is 5.73 Å². The molecule has 80 valence electrons. The third kappa shape index (κ3) is 2.03. The Kier molecular flexibility index (Phi) is 2.59. The van der Waals surface area contributed by atoms with Gasteiger partial charge < -0.3 is 5.73 Å². The molecule has 0 aliphatic carbocycles. The van der Waals surface area contributed by atoms with Crippen LogP contribution < -0.4 is 5.73 Å². The van der Waals surface area contributed by atoms with Gasteiger partial charge in [0.2, 0.25) is 0 Å². The highest BCUT2D eigenvalue weighted by Gasteiger charge is 2.04. The molecule has 0 aliphatic rings. The van der Waals surface area contributed by atoms with Gasteiger partial charge in [0.15, 0.2) is 5.82 Å². The van der Waals surface area contributed by atoms with Crippen LogP contribution in [-0.4, -0.2) is 15.9 Å². The number of hydrogen-bond acceptors (Lipinski definition) is 3. The van der Waals surface area contributed by atoms with Crippen molar-refractivity contribution in [3.8, 4) is 11.4 Å². The lowest BCUT2D eigenvalue weighted by Gasteiger charge is -2.00. The van der Waals surface area contributed by atoms with Gasteiger partial charge in [-0.25, -0.2) is 14.4 Å². The quantitative estimate of drug-likeness (QED) is 0.826. The van der Waals surface area contributed by atoms with Gasteiger partial charge in [-0.15, -0.1) is 0 Å². The molecule has 16 heavy (non-hydrogen) atoms. The first-order chi connectivity index (χ1) is 7.66. The fourth-order valence-electron chi connectivity index (χ4n) is 1.20. The van der Waals surface area contributed by atoms with Crippen LogP contribution in [-0.2, 0) is 0 Å². The number of amides is 1. The van der Waals surface area contributed by atoms with E-state index in [0.29, 0.717) is 11.4 Å². The SMILES string of the molecule is NC(=O)c1cnc(-c2ccc(F)cc2)nc1. The molecule has 2 N–H and O–H groups in total. The minimum Gasteiger partial charge on any atom is -0.366 e. The second-order valence-corrected chi connectivity index (χ2v) is 3.17. The standard InChI is InChI=1S/C11H8FN3O/c12-9-3-1-7(2-4-9)11-14-5-8(6-15-11)10(13)16/h1-6H,(H2,13,16). The largest absolute Gasteiger partial charge is 0.366 e. The molecule has 2 aromatic rings. The van der Waals surface area contributed by atoms with Gasteiger partial charge in [-0.2, -0.15) is 0 Å². The van der Waals surface area contributed by atoms with Gasteiger partial charge in [0, 0.05) is 18.0 Å². The van der Waals surface area contributed by atoms with Crippen LogP contribution in [0.2, 0.25) is 0 Å². The van der Waals surface area contributed by atoms with Gasteiger partial charge in [0.25, 0.3) is 5.91 Å². The van der Waals surface area contributed by atoms with Crippen molar-refractivity contribution in [3.63, 3.8) is 0 Å². The lowest BCUT2D eigenvalue weighted by atomic mass is 10.2. The summed E-state index contributed by atoms with van der Waals surface area (Å²) in [7, 11) is 0. The summed E-state index contributed by atoms with van der Waals surface area (Å²) in [5.74, 6) is -0.479. The maximum Gasteiger partial charge on any atom is 0.251 e. The summed E-state index contributed by atoms with van der Waals surface area (Å²) < 4.78 is 12.7. The number of nitrogens with two attached hydrogens (primary N) is 1. The number of nitrogens with zero attached hydrogens (tertiary/aromatic N) is 2. The summed E-state index contributed by atoms with van der Waals surface area (Å²) >= 11 is 0. The molecule has 5 heteroatoms. The molecule has 1 heterocycles. The normalized spacial score (nSPS) is 10.1.